The van der Waals surface area contributed by atoms with Gasteiger partial charge in [0.2, 0.25) is 5.91 Å². The van der Waals surface area contributed by atoms with Crippen LogP contribution in [0.2, 0.25) is 0 Å². The number of rotatable bonds is 10. The molecule has 3 N–H and O–H groups in total. The fraction of sp³-hybridized carbons (Fsp3) is 0.929. The van der Waals surface area contributed by atoms with Gasteiger partial charge in [0.15, 0.2) is 0 Å². The van der Waals surface area contributed by atoms with Gasteiger partial charge in [-0.15, -0.1) is 0 Å². The predicted molar refractivity (Wildman–Crippen MR) is 74.9 cm³/mol. The van der Waals surface area contributed by atoms with Crippen LogP contribution in [-0.2, 0) is 14.3 Å². The van der Waals surface area contributed by atoms with Crippen LogP contribution in [0.1, 0.15) is 45.4 Å². The number of amides is 1. The summed E-state index contributed by atoms with van der Waals surface area (Å²) in [6.07, 6.45) is 5.72. The zero-order chi connectivity index (χ0) is 13.9. The van der Waals surface area contributed by atoms with Crippen LogP contribution in [0.3, 0.4) is 0 Å². The van der Waals surface area contributed by atoms with Crippen molar-refractivity contribution in [1.29, 1.82) is 0 Å². The van der Waals surface area contributed by atoms with E-state index < -0.39 is 0 Å². The predicted octanol–water partition coefficient (Wildman–Crippen LogP) is 1.21. The number of nitrogens with one attached hydrogen (secondary N) is 1. The highest BCUT2D eigenvalue weighted by atomic mass is 16.5. The van der Waals surface area contributed by atoms with Crippen molar-refractivity contribution in [3.05, 3.63) is 0 Å². The van der Waals surface area contributed by atoms with Gasteiger partial charge in [0, 0.05) is 32.2 Å². The minimum absolute atomic E-state index is 0.111. The third-order valence-electron chi connectivity index (χ3n) is 3.18. The van der Waals surface area contributed by atoms with Gasteiger partial charge in [-0.1, -0.05) is 0 Å². The second-order valence-electron chi connectivity index (χ2n) is 5.28. The molecule has 1 aliphatic heterocycles. The van der Waals surface area contributed by atoms with Gasteiger partial charge in [-0.25, -0.2) is 0 Å². The van der Waals surface area contributed by atoms with Crippen LogP contribution >= 0.6 is 0 Å². The van der Waals surface area contributed by atoms with E-state index in [1.807, 2.05) is 6.92 Å². The molecule has 1 rings (SSSR count). The number of nitrogens with two attached hydrogens (primary N) is 1. The fourth-order valence-electron chi connectivity index (χ4n) is 2.07. The standard InChI is InChI=1S/C14H28N2O3/c1-12(15)5-2-7-14(17)16-8-4-9-18-11-13-6-3-10-19-13/h12-13H,2-11,15H2,1H3,(H,16,17). The summed E-state index contributed by atoms with van der Waals surface area (Å²) in [5, 5.41) is 2.89. The maximum absolute atomic E-state index is 11.5. The lowest BCUT2D eigenvalue weighted by Gasteiger charge is -2.10. The number of carbonyl (C=O) groups is 1. The quantitative estimate of drug-likeness (QED) is 0.586. The first-order chi connectivity index (χ1) is 9.18. The highest BCUT2D eigenvalue weighted by molar-refractivity contribution is 5.75. The van der Waals surface area contributed by atoms with E-state index in [2.05, 4.69) is 5.32 Å². The first-order valence-electron chi connectivity index (χ1n) is 7.40. The molecule has 0 aromatic carbocycles. The molecule has 1 amide bonds. The molecule has 0 aromatic heterocycles. The molecule has 0 spiro atoms. The van der Waals surface area contributed by atoms with E-state index in [4.69, 9.17) is 15.2 Å². The first kappa shape index (κ1) is 16.4. The third kappa shape index (κ3) is 8.97. The molecular weight excluding hydrogens is 244 g/mol. The topological polar surface area (TPSA) is 73.6 Å². The Morgan fingerprint density at radius 1 is 1.53 bits per heavy atom. The number of hydrogen-bond acceptors (Lipinski definition) is 4. The molecular formula is C14H28N2O3. The Labute approximate surface area is 116 Å². The summed E-state index contributed by atoms with van der Waals surface area (Å²) in [6, 6.07) is 0.180. The SMILES string of the molecule is CC(N)CCCC(=O)NCCCOCC1CCCO1. The molecule has 0 radical (unpaired) electrons. The summed E-state index contributed by atoms with van der Waals surface area (Å²) in [5.41, 5.74) is 5.63. The Morgan fingerprint density at radius 3 is 3.05 bits per heavy atom. The average molecular weight is 272 g/mol. The smallest absolute Gasteiger partial charge is 0.219 e. The van der Waals surface area contributed by atoms with E-state index in [1.54, 1.807) is 0 Å². The van der Waals surface area contributed by atoms with Crippen LogP contribution in [0.25, 0.3) is 0 Å². The van der Waals surface area contributed by atoms with Gasteiger partial charge < -0.3 is 20.5 Å². The van der Waals surface area contributed by atoms with E-state index in [1.165, 1.54) is 0 Å². The molecule has 112 valence electrons. The monoisotopic (exact) mass is 272 g/mol. The average Bonchev–Trinajstić information content (AvgIpc) is 2.86. The third-order valence-corrected chi connectivity index (χ3v) is 3.18. The van der Waals surface area contributed by atoms with Crippen molar-refractivity contribution in [2.45, 2.75) is 57.6 Å². The Kier molecular flexibility index (Phi) is 8.79. The second kappa shape index (κ2) is 10.2. The molecule has 1 aliphatic rings. The molecule has 0 aromatic rings. The van der Waals surface area contributed by atoms with Crippen molar-refractivity contribution < 1.29 is 14.3 Å². The van der Waals surface area contributed by atoms with Gasteiger partial charge in [0.05, 0.1) is 12.7 Å². The lowest BCUT2D eigenvalue weighted by Crippen LogP contribution is -2.26. The maximum Gasteiger partial charge on any atom is 0.219 e. The molecule has 1 heterocycles. The van der Waals surface area contributed by atoms with Crippen LogP contribution in [0.4, 0.5) is 0 Å². The molecule has 19 heavy (non-hydrogen) atoms. The lowest BCUT2D eigenvalue weighted by molar-refractivity contribution is -0.121. The van der Waals surface area contributed by atoms with Gasteiger partial charge in [-0.3, -0.25) is 4.79 Å². The minimum atomic E-state index is 0.111. The Hall–Kier alpha value is -0.650. The van der Waals surface area contributed by atoms with Crippen molar-refractivity contribution in [3.63, 3.8) is 0 Å². The normalized spacial score (nSPS) is 20.4. The molecule has 0 saturated carbocycles. The van der Waals surface area contributed by atoms with Gasteiger partial charge in [-0.2, -0.15) is 0 Å². The summed E-state index contributed by atoms with van der Waals surface area (Å²) in [5.74, 6) is 0.111. The molecule has 0 bridgehead atoms. The summed E-state index contributed by atoms with van der Waals surface area (Å²) in [7, 11) is 0. The molecule has 2 atom stereocenters. The molecule has 0 aliphatic carbocycles. The summed E-state index contributed by atoms with van der Waals surface area (Å²) < 4.78 is 11.0. The fourth-order valence-corrected chi connectivity index (χ4v) is 2.07. The van der Waals surface area contributed by atoms with E-state index >= 15 is 0 Å². The molecule has 1 saturated heterocycles. The molecule has 5 heteroatoms. The van der Waals surface area contributed by atoms with Crippen molar-refractivity contribution in [1.82, 2.24) is 5.32 Å². The number of carbonyl (C=O) groups excluding carboxylic acids is 1. The highest BCUT2D eigenvalue weighted by Crippen LogP contribution is 2.11. The summed E-state index contributed by atoms with van der Waals surface area (Å²) in [6.45, 7) is 4.87. The van der Waals surface area contributed by atoms with Crippen LogP contribution in [-0.4, -0.2) is 44.4 Å². The lowest BCUT2D eigenvalue weighted by atomic mass is 10.1. The Morgan fingerprint density at radius 2 is 2.37 bits per heavy atom. The Bertz CT molecular complexity index is 241. The van der Waals surface area contributed by atoms with Gasteiger partial charge >= 0.3 is 0 Å². The van der Waals surface area contributed by atoms with Crippen LogP contribution in [0.5, 0.6) is 0 Å². The maximum atomic E-state index is 11.5. The van der Waals surface area contributed by atoms with Gasteiger partial charge in [-0.05, 0) is 39.0 Å². The number of ether oxygens (including phenoxy) is 2. The van der Waals surface area contributed by atoms with E-state index in [0.29, 0.717) is 26.2 Å². The number of hydrogen-bond donors (Lipinski definition) is 2. The largest absolute Gasteiger partial charge is 0.379 e. The zero-order valence-corrected chi connectivity index (χ0v) is 12.0. The Balaban J connectivity index is 1.83. The van der Waals surface area contributed by atoms with E-state index in [-0.39, 0.29) is 18.1 Å². The minimum Gasteiger partial charge on any atom is -0.379 e. The van der Waals surface area contributed by atoms with Crippen molar-refractivity contribution in [2.24, 2.45) is 5.73 Å². The second-order valence-corrected chi connectivity index (χ2v) is 5.28. The van der Waals surface area contributed by atoms with Crippen molar-refractivity contribution >= 4 is 5.91 Å². The summed E-state index contributed by atoms with van der Waals surface area (Å²) >= 11 is 0. The van der Waals surface area contributed by atoms with Crippen LogP contribution in [0.15, 0.2) is 0 Å². The van der Waals surface area contributed by atoms with Gasteiger partial charge in [0.1, 0.15) is 0 Å². The van der Waals surface area contributed by atoms with Gasteiger partial charge in [0.25, 0.3) is 0 Å². The zero-order valence-electron chi connectivity index (χ0n) is 12.0. The van der Waals surface area contributed by atoms with Crippen LogP contribution < -0.4 is 11.1 Å². The van der Waals surface area contributed by atoms with E-state index in [9.17, 15) is 4.79 Å². The molecule has 2 unspecified atom stereocenters. The first-order valence-corrected chi connectivity index (χ1v) is 7.40. The van der Waals surface area contributed by atoms with Crippen molar-refractivity contribution in [2.75, 3.05) is 26.4 Å². The van der Waals surface area contributed by atoms with Crippen molar-refractivity contribution in [3.8, 4) is 0 Å². The highest BCUT2D eigenvalue weighted by Gasteiger charge is 2.14. The molecule has 1 fully saturated rings. The van der Waals surface area contributed by atoms with E-state index in [0.717, 1.165) is 38.7 Å². The summed E-state index contributed by atoms with van der Waals surface area (Å²) in [4.78, 5) is 11.5. The molecule has 5 nitrogen and oxygen atoms in total. The van der Waals surface area contributed by atoms with Crippen LogP contribution in [0, 0.1) is 0 Å².